The van der Waals surface area contributed by atoms with Crippen molar-refractivity contribution >= 4 is 44.4 Å². The summed E-state index contributed by atoms with van der Waals surface area (Å²) < 4.78 is 25.3. The van der Waals surface area contributed by atoms with E-state index < -0.39 is 17.8 Å². The lowest BCUT2D eigenvalue weighted by atomic mass is 10.0. The molecule has 6 nitrogen and oxygen atoms in total. The van der Waals surface area contributed by atoms with E-state index in [1.165, 1.54) is 19.2 Å². The van der Waals surface area contributed by atoms with Crippen LogP contribution in [-0.4, -0.2) is 29.2 Å². The minimum atomic E-state index is -0.933. The minimum Gasteiger partial charge on any atom is -0.493 e. The Balaban J connectivity index is 1.46. The number of hydrogen-bond donors (Lipinski definition) is 3. The zero-order valence-electron chi connectivity index (χ0n) is 18.8. The van der Waals surface area contributed by atoms with Gasteiger partial charge in [0.1, 0.15) is 18.5 Å². The highest BCUT2D eigenvalue weighted by Gasteiger charge is 2.20. The standard InChI is InChI=1S/C26H23BrClFN2O4/c1-34-24-9-15(8-20(27)25(24)35-14-16-6-7-18(29)11-21(16)28)12-30-23(26(32)33)10-17-13-31-22-5-3-2-4-19(17)22/h2-9,11,13,23,30-31H,10,12,14H2,1H3,(H,32,33)/t23-/m0/s1. The fourth-order valence-corrected chi connectivity index (χ4v) is 4.64. The number of aliphatic carboxylic acids is 1. The summed E-state index contributed by atoms with van der Waals surface area (Å²) in [5.41, 5.74) is 3.35. The molecule has 0 spiro atoms. The van der Waals surface area contributed by atoms with E-state index in [2.05, 4.69) is 26.2 Å². The van der Waals surface area contributed by atoms with Crippen LogP contribution < -0.4 is 14.8 Å². The number of carboxylic acids is 1. The molecule has 0 saturated heterocycles. The molecule has 0 unspecified atom stereocenters. The summed E-state index contributed by atoms with van der Waals surface area (Å²) in [6.45, 7) is 0.426. The van der Waals surface area contributed by atoms with Gasteiger partial charge < -0.3 is 24.9 Å². The lowest BCUT2D eigenvalue weighted by Gasteiger charge is -2.17. The third kappa shape index (κ3) is 5.96. The van der Waals surface area contributed by atoms with Crippen molar-refractivity contribution in [2.24, 2.45) is 0 Å². The van der Waals surface area contributed by atoms with Gasteiger partial charge in [-0.25, -0.2) is 4.39 Å². The molecular weight excluding hydrogens is 539 g/mol. The van der Waals surface area contributed by atoms with Gasteiger partial charge in [-0.1, -0.05) is 35.9 Å². The number of hydrogen-bond acceptors (Lipinski definition) is 4. The average Bonchev–Trinajstić information content (AvgIpc) is 3.24. The fraction of sp³-hybridized carbons (Fsp3) is 0.192. The van der Waals surface area contributed by atoms with Gasteiger partial charge in [-0.05, 0) is 57.4 Å². The summed E-state index contributed by atoms with van der Waals surface area (Å²) in [7, 11) is 1.52. The van der Waals surface area contributed by atoms with Crippen LogP contribution in [0, 0.1) is 5.82 Å². The van der Waals surface area contributed by atoms with Crippen LogP contribution in [0.4, 0.5) is 4.39 Å². The second-order valence-corrected chi connectivity index (χ2v) is 9.23. The third-order valence-corrected chi connectivity index (χ3v) is 6.57. The molecule has 3 N–H and O–H groups in total. The Labute approximate surface area is 215 Å². The number of methoxy groups -OCH3 is 1. The molecule has 1 heterocycles. The highest BCUT2D eigenvalue weighted by molar-refractivity contribution is 9.10. The molecule has 0 aliphatic rings. The molecule has 182 valence electrons. The summed E-state index contributed by atoms with van der Waals surface area (Å²) in [6.07, 6.45) is 2.18. The molecule has 1 atom stereocenters. The van der Waals surface area contributed by atoms with E-state index in [1.54, 1.807) is 12.1 Å². The zero-order chi connectivity index (χ0) is 24.9. The summed E-state index contributed by atoms with van der Waals surface area (Å²) in [5, 5.41) is 14.2. The van der Waals surface area contributed by atoms with Gasteiger partial charge in [0.2, 0.25) is 0 Å². The monoisotopic (exact) mass is 560 g/mol. The topological polar surface area (TPSA) is 83.6 Å². The normalized spacial score (nSPS) is 12.0. The van der Waals surface area contributed by atoms with Crippen molar-refractivity contribution in [3.8, 4) is 11.5 Å². The van der Waals surface area contributed by atoms with E-state index in [4.69, 9.17) is 21.1 Å². The van der Waals surface area contributed by atoms with Crippen LogP contribution in [0.15, 0.2) is 65.3 Å². The summed E-state index contributed by atoms with van der Waals surface area (Å²) >= 11 is 9.60. The molecule has 0 amide bonds. The van der Waals surface area contributed by atoms with E-state index in [0.717, 1.165) is 22.0 Å². The van der Waals surface area contributed by atoms with E-state index >= 15 is 0 Å². The molecule has 0 fully saturated rings. The first kappa shape index (κ1) is 25.0. The Kier molecular flexibility index (Phi) is 7.95. The number of aromatic nitrogens is 1. The Morgan fingerprint density at radius 1 is 1.20 bits per heavy atom. The molecule has 9 heteroatoms. The van der Waals surface area contributed by atoms with Crippen LogP contribution in [0.5, 0.6) is 11.5 Å². The molecule has 0 aliphatic carbocycles. The van der Waals surface area contributed by atoms with Crippen molar-refractivity contribution in [1.29, 1.82) is 0 Å². The van der Waals surface area contributed by atoms with Crippen LogP contribution >= 0.6 is 27.5 Å². The summed E-state index contributed by atoms with van der Waals surface area (Å²) in [5.74, 6) is -0.417. The Morgan fingerprint density at radius 2 is 2.00 bits per heavy atom. The largest absolute Gasteiger partial charge is 0.493 e. The van der Waals surface area contributed by atoms with Gasteiger partial charge in [-0.15, -0.1) is 0 Å². The van der Waals surface area contributed by atoms with Gasteiger partial charge in [0.15, 0.2) is 11.5 Å². The second kappa shape index (κ2) is 11.1. The maximum Gasteiger partial charge on any atom is 0.321 e. The number of ether oxygens (including phenoxy) is 2. The molecule has 0 radical (unpaired) electrons. The minimum absolute atomic E-state index is 0.122. The van der Waals surface area contributed by atoms with Gasteiger partial charge in [-0.2, -0.15) is 0 Å². The van der Waals surface area contributed by atoms with Crippen LogP contribution in [0.3, 0.4) is 0 Å². The summed E-state index contributed by atoms with van der Waals surface area (Å²) in [4.78, 5) is 15.1. The maximum absolute atomic E-state index is 13.3. The van der Waals surface area contributed by atoms with Crippen LogP contribution in [0.2, 0.25) is 5.02 Å². The SMILES string of the molecule is COc1cc(CN[C@@H](Cc2c[nH]c3ccccc23)C(=O)O)cc(Br)c1OCc1ccc(F)cc1Cl. The maximum atomic E-state index is 13.3. The van der Waals surface area contributed by atoms with Gasteiger partial charge in [0, 0.05) is 35.6 Å². The smallest absolute Gasteiger partial charge is 0.321 e. The molecule has 3 aromatic carbocycles. The van der Waals surface area contributed by atoms with E-state index in [0.29, 0.717) is 34.5 Å². The van der Waals surface area contributed by atoms with Crippen molar-refractivity contribution in [2.45, 2.75) is 25.6 Å². The van der Waals surface area contributed by atoms with Gasteiger partial charge in [-0.3, -0.25) is 4.79 Å². The van der Waals surface area contributed by atoms with E-state index in [1.807, 2.05) is 36.5 Å². The second-order valence-electron chi connectivity index (χ2n) is 7.97. The Bertz CT molecular complexity index is 1360. The Morgan fingerprint density at radius 3 is 2.74 bits per heavy atom. The number of H-pyrrole nitrogens is 1. The number of fused-ring (bicyclic) bond motifs is 1. The molecule has 35 heavy (non-hydrogen) atoms. The van der Waals surface area contributed by atoms with Gasteiger partial charge in [0.05, 0.1) is 16.6 Å². The van der Waals surface area contributed by atoms with Crippen molar-refractivity contribution in [3.63, 3.8) is 0 Å². The number of benzene rings is 3. The van der Waals surface area contributed by atoms with Crippen molar-refractivity contribution in [3.05, 3.63) is 92.8 Å². The van der Waals surface area contributed by atoms with Crippen LogP contribution in [0.1, 0.15) is 16.7 Å². The number of aromatic amines is 1. The average molecular weight is 562 g/mol. The van der Waals surface area contributed by atoms with Crippen molar-refractivity contribution in [2.75, 3.05) is 7.11 Å². The lowest BCUT2D eigenvalue weighted by Crippen LogP contribution is -2.38. The van der Waals surface area contributed by atoms with Gasteiger partial charge in [0.25, 0.3) is 0 Å². The number of carbonyl (C=O) groups is 1. The highest BCUT2D eigenvalue weighted by Crippen LogP contribution is 2.37. The number of halogens is 3. The van der Waals surface area contributed by atoms with Crippen molar-refractivity contribution < 1.29 is 23.8 Å². The lowest BCUT2D eigenvalue weighted by molar-refractivity contribution is -0.139. The van der Waals surface area contributed by atoms with E-state index in [9.17, 15) is 14.3 Å². The number of nitrogens with one attached hydrogen (secondary N) is 2. The number of carboxylic acid groups (broad SMARTS) is 1. The third-order valence-electron chi connectivity index (χ3n) is 5.63. The van der Waals surface area contributed by atoms with Gasteiger partial charge >= 0.3 is 5.97 Å². The summed E-state index contributed by atoms with van der Waals surface area (Å²) in [6, 6.07) is 14.7. The van der Waals surface area contributed by atoms with Crippen molar-refractivity contribution in [1.82, 2.24) is 10.3 Å². The highest BCUT2D eigenvalue weighted by atomic mass is 79.9. The molecule has 1 aromatic heterocycles. The predicted octanol–water partition coefficient (Wildman–Crippen LogP) is 6.10. The number of rotatable bonds is 10. The molecular formula is C26H23BrClFN2O4. The zero-order valence-corrected chi connectivity index (χ0v) is 21.1. The molecule has 0 aliphatic heterocycles. The first-order valence-electron chi connectivity index (χ1n) is 10.8. The van der Waals surface area contributed by atoms with Crippen LogP contribution in [0.25, 0.3) is 10.9 Å². The van der Waals surface area contributed by atoms with E-state index in [-0.39, 0.29) is 11.6 Å². The first-order valence-corrected chi connectivity index (χ1v) is 12.0. The fourth-order valence-electron chi connectivity index (χ4n) is 3.81. The quantitative estimate of drug-likeness (QED) is 0.218. The first-order chi connectivity index (χ1) is 16.9. The molecule has 0 bridgehead atoms. The molecule has 0 saturated carbocycles. The molecule has 4 rings (SSSR count). The number of para-hydroxylation sites is 1. The molecule has 4 aromatic rings. The Hall–Kier alpha value is -3.07. The predicted molar refractivity (Wildman–Crippen MR) is 137 cm³/mol. The van der Waals surface area contributed by atoms with Crippen LogP contribution in [-0.2, 0) is 24.4 Å².